The molecule has 0 atom stereocenters. The van der Waals surface area contributed by atoms with E-state index in [1.165, 1.54) is 28.1 Å². The molecule has 6 heavy (non-hydrogen) atoms. The zero-order valence-electron chi connectivity index (χ0n) is 3.23. The number of nitrogens with one attached hydrogen (secondary N) is 1. The third kappa shape index (κ3) is 0.812. The van der Waals surface area contributed by atoms with Gasteiger partial charge in [-0.25, -0.2) is 0 Å². The van der Waals surface area contributed by atoms with Gasteiger partial charge in [0.25, 0.3) is 0 Å². The van der Waals surface area contributed by atoms with Gasteiger partial charge in [0.05, 0.1) is 0 Å². The minimum atomic E-state index is 1.31. The topological polar surface area (TPSA) is 15.8 Å². The molecule has 0 bridgehead atoms. The van der Waals surface area contributed by atoms with Gasteiger partial charge in [-0.05, 0) is 0 Å². The molecular weight excluding hydrogens is 153 g/mol. The molecular formula is C4H4NZr. The first-order chi connectivity index (χ1) is 2.89. The molecule has 0 fully saturated rings. The van der Waals surface area contributed by atoms with E-state index in [4.69, 9.17) is 0 Å². The summed E-state index contributed by atoms with van der Waals surface area (Å²) in [7, 11) is 0. The maximum absolute atomic E-state index is 3.04. The van der Waals surface area contributed by atoms with Gasteiger partial charge < -0.3 is 0 Å². The summed E-state index contributed by atoms with van der Waals surface area (Å²) in [4.78, 5) is 3.04. The van der Waals surface area contributed by atoms with Crippen molar-refractivity contribution in [3.8, 4) is 0 Å². The van der Waals surface area contributed by atoms with E-state index < -0.39 is 0 Å². The van der Waals surface area contributed by atoms with E-state index >= 15 is 0 Å². The van der Waals surface area contributed by atoms with E-state index in [1.54, 1.807) is 0 Å². The van der Waals surface area contributed by atoms with E-state index in [0.29, 0.717) is 0 Å². The molecule has 0 radical (unpaired) electrons. The molecule has 2 heteroatoms. The molecule has 1 nitrogen and oxygen atoms in total. The molecule has 0 saturated carbocycles. The second-order valence-electron chi connectivity index (χ2n) is 1.08. The molecule has 0 saturated heterocycles. The van der Waals surface area contributed by atoms with Crippen LogP contribution in [0.2, 0.25) is 0 Å². The summed E-state index contributed by atoms with van der Waals surface area (Å²) in [6, 6.07) is 4.07. The van der Waals surface area contributed by atoms with E-state index in [1.807, 2.05) is 12.3 Å². The maximum atomic E-state index is 3.04. The molecule has 0 amide bonds. The second kappa shape index (κ2) is 1.74. The summed E-state index contributed by atoms with van der Waals surface area (Å²) in [5.74, 6) is 0. The van der Waals surface area contributed by atoms with Crippen molar-refractivity contribution in [3.63, 3.8) is 0 Å². The summed E-state index contributed by atoms with van der Waals surface area (Å²) in [6.45, 7) is 0. The predicted octanol–water partition coefficient (Wildman–Crippen LogP) is 0.187. The van der Waals surface area contributed by atoms with Crippen LogP contribution in [0.3, 0.4) is 0 Å². The van der Waals surface area contributed by atoms with Crippen molar-refractivity contribution in [2.45, 2.75) is 0 Å². The number of hydrogen-bond acceptors (Lipinski definition) is 0. The van der Waals surface area contributed by atoms with E-state index in [-0.39, 0.29) is 0 Å². The first-order valence-electron chi connectivity index (χ1n) is 1.74. The van der Waals surface area contributed by atoms with Crippen LogP contribution in [-0.2, 0) is 24.7 Å². The Morgan fingerprint density at radius 1 is 1.67 bits per heavy atom. The van der Waals surface area contributed by atoms with E-state index in [0.717, 1.165) is 0 Å². The number of hydrogen-bond donors (Lipinski definition) is 1. The molecule has 0 spiro atoms. The first-order valence-corrected chi connectivity index (χ1v) is 2.97. The quantitative estimate of drug-likeness (QED) is 0.553. The van der Waals surface area contributed by atoms with Crippen LogP contribution < -0.4 is 3.40 Å². The molecule has 1 rings (SSSR count). The summed E-state index contributed by atoms with van der Waals surface area (Å²) >= 11 is 1.45. The Morgan fingerprint density at radius 3 is 2.67 bits per heavy atom. The summed E-state index contributed by atoms with van der Waals surface area (Å²) in [5, 5.41) is 0. The fourth-order valence-corrected chi connectivity index (χ4v) is 0.772. The van der Waals surface area contributed by atoms with Crippen molar-refractivity contribution in [2.75, 3.05) is 0 Å². The van der Waals surface area contributed by atoms with Crippen LogP contribution in [-0.4, -0.2) is 4.98 Å². The molecule has 1 aromatic rings. The zero-order chi connectivity index (χ0) is 4.41. The number of H-pyrrole nitrogens is 1. The van der Waals surface area contributed by atoms with Gasteiger partial charge in [-0.3, -0.25) is 0 Å². The Morgan fingerprint density at radius 2 is 2.50 bits per heavy atom. The van der Waals surface area contributed by atoms with Crippen LogP contribution in [0, 0.1) is 0 Å². The fraction of sp³-hybridized carbons (Fsp3) is 0. The van der Waals surface area contributed by atoms with Crippen LogP contribution in [0.1, 0.15) is 0 Å². The average Bonchev–Trinajstić information content (AvgIpc) is 1.86. The Bertz CT molecular complexity index is 111. The van der Waals surface area contributed by atoms with Gasteiger partial charge >= 0.3 is 51.4 Å². The van der Waals surface area contributed by atoms with Crippen molar-refractivity contribution in [1.29, 1.82) is 0 Å². The van der Waals surface area contributed by atoms with Gasteiger partial charge in [-0.1, -0.05) is 0 Å². The molecule has 0 aliphatic rings. The van der Waals surface area contributed by atoms with Crippen molar-refractivity contribution >= 4 is 3.40 Å². The summed E-state index contributed by atoms with van der Waals surface area (Å²) in [5.41, 5.74) is 0. The van der Waals surface area contributed by atoms with Crippen LogP contribution in [0.25, 0.3) is 0 Å². The number of aromatic nitrogens is 1. The minimum absolute atomic E-state index is 1.31. The molecule has 0 aliphatic heterocycles. The predicted molar refractivity (Wildman–Crippen MR) is 20.4 cm³/mol. The van der Waals surface area contributed by atoms with Crippen LogP contribution in [0.15, 0.2) is 18.3 Å². The van der Waals surface area contributed by atoms with Crippen LogP contribution in [0.4, 0.5) is 0 Å². The number of rotatable bonds is 0. The Balaban J connectivity index is 3.05. The summed E-state index contributed by atoms with van der Waals surface area (Å²) in [6.07, 6.45) is 1.93. The van der Waals surface area contributed by atoms with Crippen molar-refractivity contribution in [2.24, 2.45) is 0 Å². The standard InChI is InChI=1S/C4H4N.Zr/c1-2-4-5-3-1;/h1-3,5H;. The molecule has 1 heterocycles. The monoisotopic (exact) mass is 156 g/mol. The summed E-state index contributed by atoms with van der Waals surface area (Å²) < 4.78 is 1.31. The van der Waals surface area contributed by atoms with Crippen LogP contribution >= 0.6 is 0 Å². The van der Waals surface area contributed by atoms with Crippen LogP contribution in [0.5, 0.6) is 0 Å². The molecule has 0 aromatic carbocycles. The SMILES string of the molecule is [Zr][c]1ccc[nH]1. The zero-order valence-corrected chi connectivity index (χ0v) is 5.69. The van der Waals surface area contributed by atoms with Gasteiger partial charge in [-0.2, -0.15) is 0 Å². The Labute approximate surface area is 51.6 Å². The van der Waals surface area contributed by atoms with Crippen molar-refractivity contribution in [1.82, 2.24) is 4.98 Å². The van der Waals surface area contributed by atoms with Gasteiger partial charge in [-0.15, -0.1) is 0 Å². The molecule has 29 valence electrons. The fourth-order valence-electron chi connectivity index (χ4n) is 0.330. The average molecular weight is 157 g/mol. The molecule has 0 unspecified atom stereocenters. The third-order valence-electron chi connectivity index (χ3n) is 0.598. The van der Waals surface area contributed by atoms with E-state index in [9.17, 15) is 0 Å². The van der Waals surface area contributed by atoms with Gasteiger partial charge in [0.15, 0.2) is 0 Å². The Hall–Kier alpha value is 0.163. The van der Waals surface area contributed by atoms with Crippen molar-refractivity contribution < 1.29 is 24.7 Å². The molecule has 0 aliphatic carbocycles. The number of aromatic amines is 1. The van der Waals surface area contributed by atoms with Crippen molar-refractivity contribution in [3.05, 3.63) is 18.3 Å². The second-order valence-corrected chi connectivity index (χ2v) is 2.41. The Kier molecular flexibility index (Phi) is 1.26. The van der Waals surface area contributed by atoms with Gasteiger partial charge in [0, 0.05) is 0 Å². The first kappa shape index (κ1) is 4.33. The third-order valence-corrected chi connectivity index (χ3v) is 1.36. The van der Waals surface area contributed by atoms with Gasteiger partial charge in [0.1, 0.15) is 0 Å². The van der Waals surface area contributed by atoms with Gasteiger partial charge in [0.2, 0.25) is 0 Å². The molecule has 1 aromatic heterocycles. The normalized spacial score (nSPS) is 8.50. The van der Waals surface area contributed by atoms with E-state index in [2.05, 4.69) is 11.1 Å². The molecule has 1 N–H and O–H groups in total.